The molecular weight excluding hydrogens is 381 g/mol. The topological polar surface area (TPSA) is 103 Å². The first-order chi connectivity index (χ1) is 13.6. The molecule has 0 unspecified atom stereocenters. The minimum atomic E-state index is -0.383. The Kier molecular flexibility index (Phi) is 5.16. The van der Waals surface area contributed by atoms with Crippen molar-refractivity contribution in [2.45, 2.75) is 32.3 Å². The number of nitrogens with zero attached hydrogens (tertiary/aromatic N) is 3. The van der Waals surface area contributed by atoms with E-state index in [9.17, 15) is 9.18 Å². The summed E-state index contributed by atoms with van der Waals surface area (Å²) in [6, 6.07) is 5.73. The number of hydrogen-bond donors (Lipinski definition) is 2. The number of rotatable bonds is 5. The van der Waals surface area contributed by atoms with Crippen molar-refractivity contribution >= 4 is 34.9 Å². The van der Waals surface area contributed by atoms with Gasteiger partial charge in [0.05, 0.1) is 5.56 Å². The molecule has 3 N–H and O–H groups in total. The van der Waals surface area contributed by atoms with E-state index in [-0.39, 0.29) is 36.1 Å². The molecule has 1 aliphatic rings. The molecule has 0 saturated carbocycles. The number of thiophene rings is 1. The highest BCUT2D eigenvalue weighted by molar-refractivity contribution is 7.10. The molecule has 28 heavy (non-hydrogen) atoms. The smallest absolute Gasteiger partial charge is 0.339 e. The van der Waals surface area contributed by atoms with Crippen molar-refractivity contribution in [2.24, 2.45) is 0 Å². The Labute approximate surface area is 164 Å². The number of carbonyl (C=O) groups excluding carboxylic acids is 1. The van der Waals surface area contributed by atoms with Crippen LogP contribution in [0.3, 0.4) is 0 Å². The van der Waals surface area contributed by atoms with E-state index in [1.54, 1.807) is 23.5 Å². The van der Waals surface area contributed by atoms with E-state index in [0.717, 1.165) is 31.2 Å². The molecule has 0 bridgehead atoms. The van der Waals surface area contributed by atoms with Crippen molar-refractivity contribution in [2.75, 3.05) is 11.1 Å². The van der Waals surface area contributed by atoms with E-state index in [2.05, 4.69) is 20.3 Å². The molecule has 0 radical (unpaired) electrons. The first kappa shape index (κ1) is 18.3. The fourth-order valence-electron chi connectivity index (χ4n) is 3.09. The van der Waals surface area contributed by atoms with Crippen molar-refractivity contribution < 1.29 is 13.9 Å². The van der Waals surface area contributed by atoms with Gasteiger partial charge in [0.1, 0.15) is 5.82 Å². The first-order valence-electron chi connectivity index (χ1n) is 8.88. The second-order valence-electron chi connectivity index (χ2n) is 6.40. The highest BCUT2D eigenvalue weighted by Gasteiger charge is 2.21. The molecule has 3 aromatic rings. The maximum Gasteiger partial charge on any atom is 0.339 e. The molecule has 1 aromatic carbocycles. The molecule has 0 atom stereocenters. The molecule has 2 heterocycles. The van der Waals surface area contributed by atoms with Crippen LogP contribution in [-0.2, 0) is 24.2 Å². The maximum absolute atomic E-state index is 13.0. The highest BCUT2D eigenvalue weighted by atomic mass is 32.1. The number of aromatic nitrogens is 3. The molecule has 2 aromatic heterocycles. The van der Waals surface area contributed by atoms with Crippen LogP contribution in [-0.4, -0.2) is 20.9 Å². The number of ether oxygens (including phenoxy) is 1. The van der Waals surface area contributed by atoms with Crippen LogP contribution in [0.5, 0.6) is 0 Å². The van der Waals surface area contributed by atoms with Gasteiger partial charge in [-0.05, 0) is 55.5 Å². The molecule has 9 heteroatoms. The van der Waals surface area contributed by atoms with Gasteiger partial charge in [-0.15, -0.1) is 11.3 Å². The standard InChI is InChI=1S/C19H18FN5O2S/c20-11-5-7-12(8-6-11)22-19-24-16(23-18(21)25-19)9-27-17(26)14-10-28-15-4-2-1-3-13(14)15/h5-8,10H,1-4,9H2,(H3,21,22,23,24,25). The van der Waals surface area contributed by atoms with E-state index in [0.29, 0.717) is 11.3 Å². The Morgan fingerprint density at radius 3 is 2.79 bits per heavy atom. The Balaban J connectivity index is 1.44. The second kappa shape index (κ2) is 7.89. The zero-order valence-electron chi connectivity index (χ0n) is 14.9. The molecular formula is C19H18FN5O2S. The zero-order chi connectivity index (χ0) is 19.5. The van der Waals surface area contributed by atoms with Crippen molar-refractivity contribution in [1.82, 2.24) is 15.0 Å². The molecule has 0 amide bonds. The van der Waals surface area contributed by atoms with Crippen LogP contribution in [0.1, 0.15) is 39.5 Å². The lowest BCUT2D eigenvalue weighted by atomic mass is 9.96. The van der Waals surface area contributed by atoms with Crippen LogP contribution < -0.4 is 11.1 Å². The molecule has 144 valence electrons. The van der Waals surface area contributed by atoms with Crippen molar-refractivity contribution in [3.05, 3.63) is 57.3 Å². The van der Waals surface area contributed by atoms with Crippen LogP contribution in [0.15, 0.2) is 29.6 Å². The number of halogens is 1. The van der Waals surface area contributed by atoms with Gasteiger partial charge in [-0.25, -0.2) is 9.18 Å². The van der Waals surface area contributed by atoms with Crippen LogP contribution in [0, 0.1) is 5.82 Å². The lowest BCUT2D eigenvalue weighted by Crippen LogP contribution is -2.12. The number of anilines is 3. The van der Waals surface area contributed by atoms with Crippen LogP contribution in [0.2, 0.25) is 0 Å². The Bertz CT molecular complexity index is 1010. The third kappa shape index (κ3) is 4.09. The molecule has 0 fully saturated rings. The summed E-state index contributed by atoms with van der Waals surface area (Å²) in [5, 5.41) is 4.78. The number of hydrogen-bond acceptors (Lipinski definition) is 8. The summed E-state index contributed by atoms with van der Waals surface area (Å²) < 4.78 is 18.4. The van der Waals surface area contributed by atoms with Crippen molar-refractivity contribution in [1.29, 1.82) is 0 Å². The van der Waals surface area contributed by atoms with Crippen LogP contribution >= 0.6 is 11.3 Å². The summed E-state index contributed by atoms with van der Waals surface area (Å²) in [5.74, 6) is -0.304. The Hall–Kier alpha value is -3.07. The number of benzene rings is 1. The number of fused-ring (bicyclic) bond motifs is 1. The van der Waals surface area contributed by atoms with E-state index in [1.807, 2.05) is 5.38 Å². The van der Waals surface area contributed by atoms with Gasteiger partial charge >= 0.3 is 5.97 Å². The summed E-state index contributed by atoms with van der Waals surface area (Å²) in [4.78, 5) is 26.0. The SMILES string of the molecule is Nc1nc(COC(=O)c2csc3c2CCCC3)nc(Nc2ccc(F)cc2)n1. The van der Waals surface area contributed by atoms with Gasteiger partial charge in [0.15, 0.2) is 12.4 Å². The average Bonchev–Trinajstić information content (AvgIpc) is 3.12. The van der Waals surface area contributed by atoms with E-state index >= 15 is 0 Å². The van der Waals surface area contributed by atoms with Crippen molar-refractivity contribution in [3.8, 4) is 0 Å². The summed E-state index contributed by atoms with van der Waals surface area (Å²) in [6.07, 6.45) is 4.19. The third-order valence-corrected chi connectivity index (χ3v) is 5.50. The normalized spacial score (nSPS) is 13.0. The molecule has 4 rings (SSSR count). The van der Waals surface area contributed by atoms with E-state index < -0.39 is 0 Å². The lowest BCUT2D eigenvalue weighted by Gasteiger charge is -2.12. The Morgan fingerprint density at radius 2 is 1.96 bits per heavy atom. The zero-order valence-corrected chi connectivity index (χ0v) is 15.8. The van der Waals surface area contributed by atoms with Crippen LogP contribution in [0.25, 0.3) is 0 Å². The number of nitrogens with two attached hydrogens (primary N) is 1. The van der Waals surface area contributed by atoms with E-state index in [4.69, 9.17) is 10.5 Å². The van der Waals surface area contributed by atoms with Gasteiger partial charge in [-0.3, -0.25) is 0 Å². The number of nitrogen functional groups attached to an aromatic ring is 1. The van der Waals surface area contributed by atoms with Crippen molar-refractivity contribution in [3.63, 3.8) is 0 Å². The van der Waals surface area contributed by atoms with Gasteiger partial charge in [-0.1, -0.05) is 0 Å². The summed E-state index contributed by atoms with van der Waals surface area (Å²) >= 11 is 1.61. The predicted octanol–water partition coefficient (Wildman–Crippen LogP) is 3.63. The van der Waals surface area contributed by atoms with Gasteiger partial charge in [0, 0.05) is 15.9 Å². The maximum atomic E-state index is 13.0. The summed E-state index contributed by atoms with van der Waals surface area (Å²) in [6.45, 7) is -0.117. The monoisotopic (exact) mass is 399 g/mol. The predicted molar refractivity (Wildman–Crippen MR) is 104 cm³/mol. The third-order valence-electron chi connectivity index (χ3n) is 4.41. The minimum Gasteiger partial charge on any atom is -0.454 e. The lowest BCUT2D eigenvalue weighted by molar-refractivity contribution is 0.0461. The van der Waals surface area contributed by atoms with E-state index in [1.165, 1.54) is 17.0 Å². The fraction of sp³-hybridized carbons (Fsp3) is 0.263. The fourth-order valence-corrected chi connectivity index (χ4v) is 4.21. The highest BCUT2D eigenvalue weighted by Crippen LogP contribution is 2.30. The molecule has 1 aliphatic carbocycles. The Morgan fingerprint density at radius 1 is 1.18 bits per heavy atom. The van der Waals surface area contributed by atoms with Gasteiger partial charge in [0.25, 0.3) is 0 Å². The largest absolute Gasteiger partial charge is 0.454 e. The average molecular weight is 399 g/mol. The molecule has 0 aliphatic heterocycles. The van der Waals surface area contributed by atoms with Gasteiger partial charge in [-0.2, -0.15) is 15.0 Å². The molecule has 7 nitrogen and oxygen atoms in total. The minimum absolute atomic E-state index is 0.00132. The molecule has 0 saturated heterocycles. The summed E-state index contributed by atoms with van der Waals surface area (Å²) in [5.41, 5.74) is 8.06. The van der Waals surface area contributed by atoms with Crippen LogP contribution in [0.4, 0.5) is 22.0 Å². The number of carbonyl (C=O) groups is 1. The molecule has 0 spiro atoms. The van der Waals surface area contributed by atoms with Gasteiger partial charge < -0.3 is 15.8 Å². The first-order valence-corrected chi connectivity index (χ1v) is 9.76. The van der Waals surface area contributed by atoms with Gasteiger partial charge in [0.2, 0.25) is 11.9 Å². The number of nitrogens with one attached hydrogen (secondary N) is 1. The second-order valence-corrected chi connectivity index (χ2v) is 7.36. The number of esters is 1. The summed E-state index contributed by atoms with van der Waals surface area (Å²) in [7, 11) is 0. The number of aryl methyl sites for hydroxylation is 1. The quantitative estimate of drug-likeness (QED) is 0.632.